The molecule has 1 rings (SSSR count). The molecule has 0 aliphatic carbocycles. The third-order valence-electron chi connectivity index (χ3n) is 3.71. The van der Waals surface area contributed by atoms with E-state index < -0.39 is 0 Å². The third-order valence-corrected chi connectivity index (χ3v) is 3.71. The molecule has 3 heteroatoms. The van der Waals surface area contributed by atoms with Crippen molar-refractivity contribution in [3.05, 3.63) is 23.8 Å². The van der Waals surface area contributed by atoms with Crippen LogP contribution in [-0.4, -0.2) is 26.8 Å². The Bertz CT molecular complexity index is 404. The number of hydrogen-bond donors (Lipinski definition) is 1. The summed E-state index contributed by atoms with van der Waals surface area (Å²) in [5.74, 6) is 2.36. The molecule has 1 unspecified atom stereocenters. The highest BCUT2D eigenvalue weighted by Crippen LogP contribution is 2.28. The molecule has 0 aliphatic heterocycles. The lowest BCUT2D eigenvalue weighted by Crippen LogP contribution is -2.32. The number of rotatable bonds is 10. The van der Waals surface area contributed by atoms with Gasteiger partial charge in [0.15, 0.2) is 11.5 Å². The Morgan fingerprint density at radius 3 is 2.33 bits per heavy atom. The van der Waals surface area contributed by atoms with E-state index in [4.69, 9.17) is 9.47 Å². The molecule has 1 aromatic carbocycles. The van der Waals surface area contributed by atoms with Gasteiger partial charge >= 0.3 is 0 Å². The van der Waals surface area contributed by atoms with Crippen molar-refractivity contribution in [3.63, 3.8) is 0 Å². The topological polar surface area (TPSA) is 30.5 Å². The van der Waals surface area contributed by atoms with E-state index in [1.807, 2.05) is 6.07 Å². The number of benzene rings is 1. The van der Waals surface area contributed by atoms with Crippen LogP contribution in [0.3, 0.4) is 0 Å². The number of nitrogens with one attached hydrogen (secondary N) is 1. The van der Waals surface area contributed by atoms with Crippen LogP contribution in [0, 0.1) is 5.92 Å². The van der Waals surface area contributed by atoms with Gasteiger partial charge in [-0.05, 0) is 55.8 Å². The molecule has 0 heterocycles. The lowest BCUT2D eigenvalue weighted by molar-refractivity contribution is 0.354. The van der Waals surface area contributed by atoms with Gasteiger partial charge in [0.1, 0.15) is 0 Å². The minimum absolute atomic E-state index is 0.533. The maximum absolute atomic E-state index is 5.39. The summed E-state index contributed by atoms with van der Waals surface area (Å²) in [4.78, 5) is 0. The van der Waals surface area contributed by atoms with Gasteiger partial charge in [-0.15, -0.1) is 0 Å². The summed E-state index contributed by atoms with van der Waals surface area (Å²) in [7, 11) is 3.36. The molecule has 0 saturated heterocycles. The predicted octanol–water partition coefficient (Wildman–Crippen LogP) is 4.05. The minimum atomic E-state index is 0.533. The van der Waals surface area contributed by atoms with Gasteiger partial charge in [0, 0.05) is 6.04 Å². The molecule has 120 valence electrons. The average molecular weight is 293 g/mol. The zero-order chi connectivity index (χ0) is 15.7. The van der Waals surface area contributed by atoms with Crippen molar-refractivity contribution in [1.82, 2.24) is 5.32 Å². The fraction of sp³-hybridized carbons (Fsp3) is 0.667. The van der Waals surface area contributed by atoms with Gasteiger partial charge in [-0.3, -0.25) is 0 Å². The van der Waals surface area contributed by atoms with Crippen LogP contribution in [0.5, 0.6) is 11.5 Å². The molecule has 3 nitrogen and oxygen atoms in total. The molecule has 21 heavy (non-hydrogen) atoms. The van der Waals surface area contributed by atoms with Gasteiger partial charge in [-0.1, -0.05) is 26.8 Å². The van der Waals surface area contributed by atoms with Crippen LogP contribution in [-0.2, 0) is 6.42 Å². The average Bonchev–Trinajstić information content (AvgIpc) is 2.49. The molecule has 0 spiro atoms. The van der Waals surface area contributed by atoms with E-state index in [1.165, 1.54) is 24.8 Å². The Kier molecular flexibility index (Phi) is 8.21. The van der Waals surface area contributed by atoms with Crippen LogP contribution in [0.15, 0.2) is 18.2 Å². The second kappa shape index (κ2) is 9.67. The fourth-order valence-corrected chi connectivity index (χ4v) is 2.45. The Balaban J connectivity index is 2.72. The lowest BCUT2D eigenvalue weighted by atomic mass is 9.97. The molecular weight excluding hydrogens is 262 g/mol. The first kappa shape index (κ1) is 17.8. The molecule has 0 amide bonds. The highest BCUT2D eigenvalue weighted by atomic mass is 16.5. The second-order valence-corrected chi connectivity index (χ2v) is 6.02. The van der Waals surface area contributed by atoms with E-state index in [9.17, 15) is 0 Å². The first-order valence-corrected chi connectivity index (χ1v) is 8.05. The normalized spacial score (nSPS) is 12.5. The molecule has 0 bridgehead atoms. The maximum Gasteiger partial charge on any atom is 0.160 e. The second-order valence-electron chi connectivity index (χ2n) is 6.02. The van der Waals surface area contributed by atoms with E-state index in [0.29, 0.717) is 6.04 Å². The lowest BCUT2D eigenvalue weighted by Gasteiger charge is -2.20. The Labute approximate surface area is 130 Å². The van der Waals surface area contributed by atoms with E-state index in [1.54, 1.807) is 14.2 Å². The first-order chi connectivity index (χ1) is 10.1. The summed E-state index contributed by atoms with van der Waals surface area (Å²) in [6.07, 6.45) is 4.68. The highest BCUT2D eigenvalue weighted by Gasteiger charge is 2.12. The standard InChI is InChI=1S/C18H31NO2/c1-6-11-19-16(9-7-14(2)3)12-15-8-10-17(20-4)18(13-15)21-5/h8,10,13-14,16,19H,6-7,9,11-12H2,1-5H3. The quantitative estimate of drug-likeness (QED) is 0.706. The summed E-state index contributed by atoms with van der Waals surface area (Å²) in [5.41, 5.74) is 1.30. The molecule has 1 aromatic rings. The van der Waals surface area contributed by atoms with Crippen LogP contribution in [0.4, 0.5) is 0 Å². The van der Waals surface area contributed by atoms with Crippen molar-refractivity contribution < 1.29 is 9.47 Å². The zero-order valence-corrected chi connectivity index (χ0v) is 14.2. The molecule has 0 aromatic heterocycles. The van der Waals surface area contributed by atoms with Gasteiger partial charge in [0.25, 0.3) is 0 Å². The van der Waals surface area contributed by atoms with E-state index in [0.717, 1.165) is 30.4 Å². The van der Waals surface area contributed by atoms with Gasteiger partial charge in [-0.2, -0.15) is 0 Å². The Morgan fingerprint density at radius 1 is 1.05 bits per heavy atom. The number of hydrogen-bond acceptors (Lipinski definition) is 3. The van der Waals surface area contributed by atoms with Crippen molar-refractivity contribution in [2.24, 2.45) is 5.92 Å². The summed E-state index contributed by atoms with van der Waals surface area (Å²) in [6, 6.07) is 6.75. The van der Waals surface area contributed by atoms with Crippen molar-refractivity contribution >= 4 is 0 Å². The molecule has 0 fully saturated rings. The van der Waals surface area contributed by atoms with Crippen LogP contribution in [0.25, 0.3) is 0 Å². The Hall–Kier alpha value is -1.22. The van der Waals surface area contributed by atoms with Gasteiger partial charge in [0.05, 0.1) is 14.2 Å². The summed E-state index contributed by atoms with van der Waals surface area (Å²) in [6.45, 7) is 7.86. The van der Waals surface area contributed by atoms with Gasteiger partial charge < -0.3 is 14.8 Å². The monoisotopic (exact) mass is 293 g/mol. The van der Waals surface area contributed by atoms with Crippen LogP contribution < -0.4 is 14.8 Å². The highest BCUT2D eigenvalue weighted by molar-refractivity contribution is 5.43. The van der Waals surface area contributed by atoms with Crippen LogP contribution in [0.1, 0.15) is 45.6 Å². The summed E-state index contributed by atoms with van der Waals surface area (Å²) < 4.78 is 10.7. The number of ether oxygens (including phenoxy) is 2. The SMILES string of the molecule is CCCNC(CCC(C)C)Cc1ccc(OC)c(OC)c1. The van der Waals surface area contributed by atoms with Crippen molar-refractivity contribution in [2.75, 3.05) is 20.8 Å². The number of methoxy groups -OCH3 is 2. The minimum Gasteiger partial charge on any atom is -0.493 e. The zero-order valence-electron chi connectivity index (χ0n) is 14.2. The molecule has 1 atom stereocenters. The van der Waals surface area contributed by atoms with Gasteiger partial charge in [0.2, 0.25) is 0 Å². The summed E-state index contributed by atoms with van der Waals surface area (Å²) >= 11 is 0. The van der Waals surface area contributed by atoms with E-state index in [2.05, 4.69) is 38.2 Å². The summed E-state index contributed by atoms with van der Waals surface area (Å²) in [5, 5.41) is 3.67. The third kappa shape index (κ3) is 6.38. The smallest absolute Gasteiger partial charge is 0.160 e. The van der Waals surface area contributed by atoms with E-state index in [-0.39, 0.29) is 0 Å². The van der Waals surface area contributed by atoms with Crippen molar-refractivity contribution in [2.45, 2.75) is 52.5 Å². The first-order valence-electron chi connectivity index (χ1n) is 8.05. The van der Waals surface area contributed by atoms with Gasteiger partial charge in [-0.25, -0.2) is 0 Å². The molecular formula is C18H31NO2. The Morgan fingerprint density at radius 2 is 1.76 bits per heavy atom. The molecule has 0 aliphatic rings. The van der Waals surface area contributed by atoms with Crippen molar-refractivity contribution in [1.29, 1.82) is 0 Å². The molecule has 1 N–H and O–H groups in total. The largest absolute Gasteiger partial charge is 0.493 e. The maximum atomic E-state index is 5.39. The predicted molar refractivity (Wildman–Crippen MR) is 89.4 cm³/mol. The molecule has 0 radical (unpaired) electrons. The van der Waals surface area contributed by atoms with Crippen LogP contribution in [0.2, 0.25) is 0 Å². The van der Waals surface area contributed by atoms with Crippen LogP contribution >= 0.6 is 0 Å². The molecule has 0 saturated carbocycles. The van der Waals surface area contributed by atoms with E-state index >= 15 is 0 Å². The van der Waals surface area contributed by atoms with Crippen molar-refractivity contribution in [3.8, 4) is 11.5 Å². The fourth-order valence-electron chi connectivity index (χ4n) is 2.45.